The van der Waals surface area contributed by atoms with Crippen LogP contribution in [0.15, 0.2) is 53.2 Å². The number of nitrogens with zero attached hydrogens (tertiary/aromatic N) is 1. The third-order valence-electron chi connectivity index (χ3n) is 4.17. The van der Waals surface area contributed by atoms with Gasteiger partial charge < -0.3 is 14.2 Å². The molecule has 6 heteroatoms. The molecule has 2 aromatic rings. The number of hydrogen-bond acceptors (Lipinski definition) is 6. The highest BCUT2D eigenvalue weighted by Crippen LogP contribution is 2.30. The maximum atomic E-state index is 12.2. The summed E-state index contributed by atoms with van der Waals surface area (Å²) < 4.78 is 16.3. The number of aliphatic imine (C=N–C) groups is 1. The predicted molar refractivity (Wildman–Crippen MR) is 110 cm³/mol. The fraction of sp³-hybridized carbons (Fsp3) is 0.261. The first-order valence-electron chi connectivity index (χ1n) is 9.57. The average molecular weight is 393 g/mol. The van der Waals surface area contributed by atoms with Gasteiger partial charge >= 0.3 is 11.9 Å². The Bertz CT molecular complexity index is 973. The van der Waals surface area contributed by atoms with Gasteiger partial charge in [0.15, 0.2) is 17.2 Å². The molecule has 0 N–H and O–H groups in total. The van der Waals surface area contributed by atoms with Crippen molar-refractivity contribution in [1.82, 2.24) is 0 Å². The van der Waals surface area contributed by atoms with E-state index in [0.717, 1.165) is 11.1 Å². The Morgan fingerprint density at radius 2 is 1.86 bits per heavy atom. The predicted octanol–water partition coefficient (Wildman–Crippen LogP) is 4.44. The van der Waals surface area contributed by atoms with Crippen molar-refractivity contribution in [3.63, 3.8) is 0 Å². The van der Waals surface area contributed by atoms with Crippen LogP contribution in [0.5, 0.6) is 11.5 Å². The molecule has 0 saturated carbocycles. The Morgan fingerprint density at radius 3 is 2.55 bits per heavy atom. The molecule has 0 atom stereocenters. The zero-order valence-corrected chi connectivity index (χ0v) is 16.7. The van der Waals surface area contributed by atoms with E-state index < -0.39 is 5.97 Å². The number of benzene rings is 2. The van der Waals surface area contributed by atoms with E-state index in [2.05, 4.69) is 4.99 Å². The van der Waals surface area contributed by atoms with Crippen molar-refractivity contribution >= 4 is 23.9 Å². The molecule has 0 unspecified atom stereocenters. The molecule has 1 aliphatic heterocycles. The van der Waals surface area contributed by atoms with Crippen LogP contribution in [0, 0.1) is 6.92 Å². The van der Waals surface area contributed by atoms with Crippen LogP contribution in [-0.4, -0.2) is 24.4 Å². The monoisotopic (exact) mass is 393 g/mol. The molecular weight excluding hydrogens is 370 g/mol. The molecule has 29 heavy (non-hydrogen) atoms. The highest BCUT2D eigenvalue weighted by molar-refractivity contribution is 6.12. The minimum absolute atomic E-state index is 0.193. The minimum atomic E-state index is -0.517. The zero-order chi connectivity index (χ0) is 20.8. The first kappa shape index (κ1) is 20.3. The van der Waals surface area contributed by atoms with Crippen molar-refractivity contribution in [2.24, 2.45) is 4.99 Å². The van der Waals surface area contributed by atoms with Gasteiger partial charge in [0.05, 0.1) is 6.61 Å². The SMILES string of the molecule is CCCC(=O)Oc1ccc(/C=C2\N=C(c3ccc(C)cc3)OC2=O)cc1OCC. The van der Waals surface area contributed by atoms with Gasteiger partial charge in [-0.3, -0.25) is 4.79 Å². The normalized spacial score (nSPS) is 14.5. The molecule has 150 valence electrons. The molecule has 0 aromatic heterocycles. The van der Waals surface area contributed by atoms with E-state index in [4.69, 9.17) is 14.2 Å². The van der Waals surface area contributed by atoms with Gasteiger partial charge in [0.1, 0.15) is 0 Å². The maximum absolute atomic E-state index is 12.2. The van der Waals surface area contributed by atoms with E-state index in [0.29, 0.717) is 36.5 Å². The number of hydrogen-bond donors (Lipinski definition) is 0. The summed E-state index contributed by atoms with van der Waals surface area (Å²) in [6.45, 7) is 6.15. The molecule has 0 saturated heterocycles. The van der Waals surface area contributed by atoms with E-state index >= 15 is 0 Å². The fourth-order valence-corrected chi connectivity index (χ4v) is 2.73. The lowest BCUT2D eigenvalue weighted by molar-refractivity contribution is -0.134. The lowest BCUT2D eigenvalue weighted by Crippen LogP contribution is -2.08. The van der Waals surface area contributed by atoms with E-state index in [1.807, 2.05) is 45.0 Å². The third-order valence-corrected chi connectivity index (χ3v) is 4.17. The molecule has 0 radical (unpaired) electrons. The Kier molecular flexibility index (Phi) is 6.44. The Morgan fingerprint density at radius 1 is 1.10 bits per heavy atom. The van der Waals surface area contributed by atoms with E-state index in [9.17, 15) is 9.59 Å². The number of cyclic esters (lactones) is 1. The number of aryl methyl sites for hydroxylation is 1. The highest BCUT2D eigenvalue weighted by atomic mass is 16.6. The summed E-state index contributed by atoms with van der Waals surface area (Å²) in [5.74, 6) is 0.227. The molecule has 0 aliphatic carbocycles. The van der Waals surface area contributed by atoms with Gasteiger partial charge in [-0.15, -0.1) is 0 Å². The maximum Gasteiger partial charge on any atom is 0.363 e. The smallest absolute Gasteiger partial charge is 0.363 e. The van der Waals surface area contributed by atoms with Crippen LogP contribution in [-0.2, 0) is 14.3 Å². The van der Waals surface area contributed by atoms with Crippen molar-refractivity contribution in [3.8, 4) is 11.5 Å². The van der Waals surface area contributed by atoms with Crippen LogP contribution in [0.1, 0.15) is 43.4 Å². The van der Waals surface area contributed by atoms with Crippen molar-refractivity contribution < 1.29 is 23.8 Å². The molecule has 1 aliphatic rings. The standard InChI is InChI=1S/C23H23NO5/c1-4-6-21(25)28-19-12-9-16(14-20(19)27-5-2)13-18-23(26)29-22(24-18)17-10-7-15(3)8-11-17/h7-14H,4-6H2,1-3H3/b18-13-. The lowest BCUT2D eigenvalue weighted by atomic mass is 10.1. The summed E-state index contributed by atoms with van der Waals surface area (Å²) in [6.07, 6.45) is 2.65. The summed E-state index contributed by atoms with van der Waals surface area (Å²) in [6, 6.07) is 12.7. The lowest BCUT2D eigenvalue weighted by Gasteiger charge is -2.11. The molecule has 6 nitrogen and oxygen atoms in total. The number of ether oxygens (including phenoxy) is 3. The number of carbonyl (C=O) groups excluding carboxylic acids is 2. The summed E-state index contributed by atoms with van der Waals surface area (Å²) in [7, 11) is 0. The summed E-state index contributed by atoms with van der Waals surface area (Å²) in [5.41, 5.74) is 2.72. The van der Waals surface area contributed by atoms with Gasteiger partial charge in [-0.05, 0) is 56.2 Å². The van der Waals surface area contributed by atoms with Gasteiger partial charge in [0, 0.05) is 12.0 Å². The van der Waals surface area contributed by atoms with Crippen molar-refractivity contribution in [2.45, 2.75) is 33.6 Å². The van der Waals surface area contributed by atoms with Crippen LogP contribution in [0.25, 0.3) is 6.08 Å². The quantitative estimate of drug-likeness (QED) is 0.395. The van der Waals surface area contributed by atoms with Crippen LogP contribution < -0.4 is 9.47 Å². The highest BCUT2D eigenvalue weighted by Gasteiger charge is 2.24. The fourth-order valence-electron chi connectivity index (χ4n) is 2.73. The van der Waals surface area contributed by atoms with Crippen LogP contribution in [0.2, 0.25) is 0 Å². The van der Waals surface area contributed by atoms with Crippen LogP contribution in [0.3, 0.4) is 0 Å². The molecule has 0 bridgehead atoms. The molecule has 0 spiro atoms. The minimum Gasteiger partial charge on any atom is -0.490 e. The van der Waals surface area contributed by atoms with Gasteiger partial charge in [0.2, 0.25) is 5.90 Å². The summed E-state index contributed by atoms with van der Waals surface area (Å²) >= 11 is 0. The van der Waals surface area contributed by atoms with Gasteiger partial charge in [0.25, 0.3) is 0 Å². The Hall–Kier alpha value is -3.41. The van der Waals surface area contributed by atoms with Crippen LogP contribution in [0.4, 0.5) is 0 Å². The largest absolute Gasteiger partial charge is 0.490 e. The average Bonchev–Trinajstić information content (AvgIpc) is 3.05. The van der Waals surface area contributed by atoms with Crippen molar-refractivity contribution in [2.75, 3.05) is 6.61 Å². The van der Waals surface area contributed by atoms with E-state index in [1.54, 1.807) is 24.3 Å². The molecular formula is C23H23NO5. The van der Waals surface area contributed by atoms with Crippen molar-refractivity contribution in [1.29, 1.82) is 0 Å². The van der Waals surface area contributed by atoms with Gasteiger partial charge in [-0.25, -0.2) is 9.79 Å². The van der Waals surface area contributed by atoms with E-state index in [-0.39, 0.29) is 17.6 Å². The molecule has 2 aromatic carbocycles. The van der Waals surface area contributed by atoms with Crippen molar-refractivity contribution in [3.05, 3.63) is 64.9 Å². The molecule has 3 rings (SSSR count). The summed E-state index contributed by atoms with van der Waals surface area (Å²) in [4.78, 5) is 28.3. The number of carbonyl (C=O) groups is 2. The number of esters is 2. The number of rotatable bonds is 7. The van der Waals surface area contributed by atoms with Crippen LogP contribution >= 0.6 is 0 Å². The second-order valence-electron chi connectivity index (χ2n) is 6.57. The summed E-state index contributed by atoms with van der Waals surface area (Å²) in [5, 5.41) is 0. The van der Waals surface area contributed by atoms with Gasteiger partial charge in [-0.1, -0.05) is 30.7 Å². The molecule has 0 fully saturated rings. The first-order valence-corrected chi connectivity index (χ1v) is 9.57. The third kappa shape index (κ3) is 5.10. The van der Waals surface area contributed by atoms with E-state index in [1.165, 1.54) is 0 Å². The molecule has 0 amide bonds. The second-order valence-corrected chi connectivity index (χ2v) is 6.57. The Labute approximate surface area is 169 Å². The molecule has 1 heterocycles. The Balaban J connectivity index is 1.86. The van der Waals surface area contributed by atoms with Gasteiger partial charge in [-0.2, -0.15) is 0 Å². The zero-order valence-electron chi connectivity index (χ0n) is 16.7. The topological polar surface area (TPSA) is 74.2 Å². The first-order chi connectivity index (χ1) is 14.0. The second kappa shape index (κ2) is 9.19.